The predicted octanol–water partition coefficient (Wildman–Crippen LogP) is 5.76. The Balaban J connectivity index is 1.92. The molecule has 3 rings (SSSR count). The van der Waals surface area contributed by atoms with E-state index in [2.05, 4.69) is 17.5 Å². The molecular weight excluding hydrogens is 341 g/mol. The van der Waals surface area contributed by atoms with Crippen molar-refractivity contribution < 1.29 is 4.79 Å². The van der Waals surface area contributed by atoms with Crippen LogP contribution in [0.25, 0.3) is 0 Å². The minimum Gasteiger partial charge on any atom is -0.339 e. The van der Waals surface area contributed by atoms with Crippen molar-refractivity contribution in [3.8, 4) is 0 Å². The molecule has 1 aromatic rings. The van der Waals surface area contributed by atoms with E-state index in [9.17, 15) is 4.79 Å². The molecule has 1 saturated heterocycles. The highest BCUT2D eigenvalue weighted by Gasteiger charge is 2.41. The fourth-order valence-electron chi connectivity index (χ4n) is 4.33. The SMILES string of the molecule is C=CC[C@]1(c2ccc(Cl)c(Cl)c2)CCC(=O)N(C2CCCCC2)C1. The molecule has 4 heteroatoms. The maximum atomic E-state index is 12.6. The summed E-state index contributed by atoms with van der Waals surface area (Å²) in [5.74, 6) is 0.307. The molecule has 0 unspecified atom stereocenters. The first-order valence-electron chi connectivity index (χ1n) is 8.92. The molecule has 0 bridgehead atoms. The number of piperidine rings is 1. The molecular formula is C20H25Cl2NO. The summed E-state index contributed by atoms with van der Waals surface area (Å²) < 4.78 is 0. The number of carbonyl (C=O) groups is 1. The number of amides is 1. The minimum atomic E-state index is -0.0959. The number of rotatable bonds is 4. The van der Waals surface area contributed by atoms with Gasteiger partial charge in [0.15, 0.2) is 0 Å². The molecule has 1 atom stereocenters. The van der Waals surface area contributed by atoms with E-state index in [1.807, 2.05) is 18.2 Å². The zero-order valence-electron chi connectivity index (χ0n) is 14.1. The van der Waals surface area contributed by atoms with Crippen molar-refractivity contribution in [2.45, 2.75) is 62.8 Å². The zero-order chi connectivity index (χ0) is 17.2. The number of benzene rings is 1. The summed E-state index contributed by atoms with van der Waals surface area (Å²) >= 11 is 12.4. The molecule has 1 aromatic carbocycles. The Kier molecular flexibility index (Phi) is 5.56. The van der Waals surface area contributed by atoms with Gasteiger partial charge in [-0.2, -0.15) is 0 Å². The van der Waals surface area contributed by atoms with Crippen molar-refractivity contribution in [1.29, 1.82) is 0 Å². The standard InChI is InChI=1S/C20H25Cl2NO/c1-2-11-20(15-8-9-17(21)18(22)13-15)12-10-19(24)23(14-20)16-6-4-3-5-7-16/h2,8-9,13,16H,1,3-7,10-12,14H2/t20-/m0/s1. The second kappa shape index (κ2) is 7.49. The lowest BCUT2D eigenvalue weighted by Gasteiger charge is -2.46. The maximum absolute atomic E-state index is 12.6. The summed E-state index contributed by atoms with van der Waals surface area (Å²) in [6, 6.07) is 6.30. The molecule has 2 fully saturated rings. The van der Waals surface area contributed by atoms with Gasteiger partial charge in [0, 0.05) is 24.4 Å². The van der Waals surface area contributed by atoms with Gasteiger partial charge in [-0.1, -0.05) is 54.6 Å². The van der Waals surface area contributed by atoms with E-state index in [4.69, 9.17) is 23.2 Å². The summed E-state index contributed by atoms with van der Waals surface area (Å²) in [6.45, 7) is 4.72. The lowest BCUT2D eigenvalue weighted by molar-refractivity contribution is -0.139. The molecule has 130 valence electrons. The largest absolute Gasteiger partial charge is 0.339 e. The van der Waals surface area contributed by atoms with Crippen LogP contribution in [0.3, 0.4) is 0 Å². The molecule has 0 radical (unpaired) electrons. The van der Waals surface area contributed by atoms with E-state index in [1.54, 1.807) is 0 Å². The number of carbonyl (C=O) groups excluding carboxylic acids is 1. The Bertz CT molecular complexity index is 624. The summed E-state index contributed by atoms with van der Waals surface area (Å²) in [6.07, 6.45) is 10.3. The Morgan fingerprint density at radius 3 is 2.62 bits per heavy atom. The number of nitrogens with zero attached hydrogens (tertiary/aromatic N) is 1. The topological polar surface area (TPSA) is 20.3 Å². The molecule has 1 heterocycles. The number of hydrogen-bond donors (Lipinski definition) is 0. The minimum absolute atomic E-state index is 0.0959. The maximum Gasteiger partial charge on any atom is 0.222 e. The highest BCUT2D eigenvalue weighted by atomic mass is 35.5. The quantitative estimate of drug-likeness (QED) is 0.620. The second-order valence-electron chi connectivity index (χ2n) is 7.22. The van der Waals surface area contributed by atoms with Gasteiger partial charge in [-0.05, 0) is 43.4 Å². The Labute approximate surface area is 154 Å². The van der Waals surface area contributed by atoms with Gasteiger partial charge in [0.2, 0.25) is 5.91 Å². The van der Waals surface area contributed by atoms with Crippen LogP contribution in [-0.2, 0) is 10.2 Å². The van der Waals surface area contributed by atoms with E-state index in [0.29, 0.717) is 28.4 Å². The average molecular weight is 366 g/mol. The highest BCUT2D eigenvalue weighted by molar-refractivity contribution is 6.42. The first-order valence-corrected chi connectivity index (χ1v) is 9.67. The van der Waals surface area contributed by atoms with E-state index in [1.165, 1.54) is 24.8 Å². The van der Waals surface area contributed by atoms with Crippen LogP contribution in [0.15, 0.2) is 30.9 Å². The van der Waals surface area contributed by atoms with E-state index < -0.39 is 0 Å². The fraction of sp³-hybridized carbons (Fsp3) is 0.550. The predicted molar refractivity (Wildman–Crippen MR) is 101 cm³/mol. The van der Waals surface area contributed by atoms with E-state index >= 15 is 0 Å². The van der Waals surface area contributed by atoms with Crippen LogP contribution in [-0.4, -0.2) is 23.4 Å². The Hall–Kier alpha value is -0.990. The van der Waals surface area contributed by atoms with Crippen molar-refractivity contribution >= 4 is 29.1 Å². The monoisotopic (exact) mass is 365 g/mol. The van der Waals surface area contributed by atoms with Crippen LogP contribution in [0.5, 0.6) is 0 Å². The van der Waals surface area contributed by atoms with Gasteiger partial charge >= 0.3 is 0 Å². The van der Waals surface area contributed by atoms with E-state index in [0.717, 1.165) is 32.2 Å². The molecule has 0 spiro atoms. The average Bonchev–Trinajstić information content (AvgIpc) is 2.60. The van der Waals surface area contributed by atoms with Gasteiger partial charge < -0.3 is 4.90 Å². The van der Waals surface area contributed by atoms with Crippen LogP contribution in [0.2, 0.25) is 10.0 Å². The smallest absolute Gasteiger partial charge is 0.222 e. The first-order chi connectivity index (χ1) is 11.6. The van der Waals surface area contributed by atoms with Gasteiger partial charge in [-0.3, -0.25) is 4.79 Å². The number of allylic oxidation sites excluding steroid dienone is 1. The normalized spacial score (nSPS) is 25.8. The molecule has 0 aromatic heterocycles. The van der Waals surface area contributed by atoms with Crippen LogP contribution < -0.4 is 0 Å². The lowest BCUT2D eigenvalue weighted by Crippen LogP contribution is -2.53. The fourth-order valence-corrected chi connectivity index (χ4v) is 4.63. The van der Waals surface area contributed by atoms with Gasteiger partial charge in [0.1, 0.15) is 0 Å². The molecule has 24 heavy (non-hydrogen) atoms. The van der Waals surface area contributed by atoms with Crippen molar-refractivity contribution in [2.24, 2.45) is 0 Å². The van der Waals surface area contributed by atoms with Crippen LogP contribution in [0.4, 0.5) is 0 Å². The Morgan fingerprint density at radius 2 is 1.96 bits per heavy atom. The van der Waals surface area contributed by atoms with Gasteiger partial charge in [-0.25, -0.2) is 0 Å². The van der Waals surface area contributed by atoms with E-state index in [-0.39, 0.29) is 5.41 Å². The van der Waals surface area contributed by atoms with Gasteiger partial charge in [0.05, 0.1) is 10.0 Å². The second-order valence-corrected chi connectivity index (χ2v) is 8.03. The lowest BCUT2D eigenvalue weighted by atomic mass is 9.71. The first kappa shape index (κ1) is 17.8. The Morgan fingerprint density at radius 1 is 1.21 bits per heavy atom. The van der Waals surface area contributed by atoms with Crippen molar-refractivity contribution in [3.05, 3.63) is 46.5 Å². The summed E-state index contributed by atoms with van der Waals surface area (Å²) in [4.78, 5) is 14.7. The third kappa shape index (κ3) is 3.50. The van der Waals surface area contributed by atoms with Crippen LogP contribution in [0, 0.1) is 0 Å². The number of halogens is 2. The molecule has 2 nitrogen and oxygen atoms in total. The van der Waals surface area contributed by atoms with Gasteiger partial charge in [0.25, 0.3) is 0 Å². The molecule has 2 aliphatic rings. The van der Waals surface area contributed by atoms with Crippen molar-refractivity contribution in [3.63, 3.8) is 0 Å². The van der Waals surface area contributed by atoms with Gasteiger partial charge in [-0.15, -0.1) is 6.58 Å². The molecule has 1 aliphatic heterocycles. The molecule has 1 aliphatic carbocycles. The molecule has 1 amide bonds. The summed E-state index contributed by atoms with van der Waals surface area (Å²) in [5.41, 5.74) is 1.08. The zero-order valence-corrected chi connectivity index (χ0v) is 15.6. The van der Waals surface area contributed by atoms with Crippen molar-refractivity contribution in [2.75, 3.05) is 6.54 Å². The van der Waals surface area contributed by atoms with Crippen molar-refractivity contribution in [1.82, 2.24) is 4.90 Å². The van der Waals surface area contributed by atoms with Crippen LogP contribution in [0.1, 0.15) is 56.9 Å². The molecule has 1 saturated carbocycles. The summed E-state index contributed by atoms with van der Waals surface area (Å²) in [5, 5.41) is 1.16. The third-order valence-corrected chi connectivity index (χ3v) is 6.43. The third-order valence-electron chi connectivity index (χ3n) is 5.69. The molecule has 0 N–H and O–H groups in total. The number of likely N-dealkylation sites (tertiary alicyclic amines) is 1. The van der Waals surface area contributed by atoms with Crippen LogP contribution >= 0.6 is 23.2 Å². The number of hydrogen-bond acceptors (Lipinski definition) is 1. The summed E-state index contributed by atoms with van der Waals surface area (Å²) in [7, 11) is 0. The highest BCUT2D eigenvalue weighted by Crippen LogP contribution is 2.41.